The van der Waals surface area contributed by atoms with E-state index in [1.807, 2.05) is 30.3 Å². The molecule has 12 heavy (non-hydrogen) atoms. The molecule has 0 fully saturated rings. The predicted molar refractivity (Wildman–Crippen MR) is 52.3 cm³/mol. The second-order valence-corrected chi connectivity index (χ2v) is 2.98. The van der Waals surface area contributed by atoms with E-state index < -0.39 is 0 Å². The van der Waals surface area contributed by atoms with E-state index in [4.69, 9.17) is 27.9 Å². The summed E-state index contributed by atoms with van der Waals surface area (Å²) in [5.41, 5.74) is 0. The molecule has 0 aliphatic heterocycles. The molecule has 0 atom stereocenters. The quantitative estimate of drug-likeness (QED) is 0.686. The van der Waals surface area contributed by atoms with Gasteiger partial charge in [0.15, 0.2) is 0 Å². The second-order valence-electron chi connectivity index (χ2n) is 2.36. The van der Waals surface area contributed by atoms with Crippen molar-refractivity contribution in [3.05, 3.63) is 30.3 Å². The lowest BCUT2D eigenvalue weighted by atomic mass is 10.3. The van der Waals surface area contributed by atoms with E-state index in [2.05, 4.69) is 0 Å². The number of benzene rings is 1. The first-order valence-corrected chi connectivity index (χ1v) is 4.77. The third-order valence-corrected chi connectivity index (χ3v) is 2.08. The maximum Gasteiger partial charge on any atom is 0.126 e. The normalized spacial score (nSPS) is 10.2. The lowest BCUT2D eigenvalue weighted by Crippen LogP contribution is -2.19. The molecule has 66 valence electrons. The maximum atomic E-state index is 5.61. The van der Waals surface area contributed by atoms with Crippen molar-refractivity contribution in [3.8, 4) is 5.75 Å². The van der Waals surface area contributed by atoms with E-state index in [1.165, 1.54) is 0 Å². The number of hydrogen-bond donors (Lipinski definition) is 0. The molecule has 0 unspecified atom stereocenters. The highest BCUT2D eigenvalue weighted by atomic mass is 35.5. The third kappa shape index (κ3) is 2.92. The number of ether oxygens (including phenoxy) is 1. The third-order valence-electron chi connectivity index (χ3n) is 1.39. The zero-order chi connectivity index (χ0) is 8.81. The Bertz CT molecular complexity index is 209. The highest BCUT2D eigenvalue weighted by Crippen LogP contribution is 2.12. The molecule has 0 aliphatic rings. The van der Waals surface area contributed by atoms with Crippen molar-refractivity contribution >= 4 is 23.2 Å². The van der Waals surface area contributed by atoms with Gasteiger partial charge < -0.3 is 4.74 Å². The van der Waals surface area contributed by atoms with Crippen molar-refractivity contribution in [2.24, 2.45) is 0 Å². The molecule has 1 nitrogen and oxygen atoms in total. The van der Waals surface area contributed by atoms with Crippen LogP contribution >= 0.6 is 23.2 Å². The standard InChI is InChI=1S/C9H10Cl2O/c10-6-9(7-11)12-8-4-2-1-3-5-8/h1-5,9H,6-7H2. The van der Waals surface area contributed by atoms with E-state index in [0.717, 1.165) is 5.75 Å². The fourth-order valence-electron chi connectivity index (χ4n) is 0.796. The first-order valence-electron chi connectivity index (χ1n) is 3.70. The van der Waals surface area contributed by atoms with Crippen LogP contribution in [-0.4, -0.2) is 17.9 Å². The summed E-state index contributed by atoms with van der Waals surface area (Å²) in [6.07, 6.45) is -0.101. The maximum absolute atomic E-state index is 5.61. The summed E-state index contributed by atoms with van der Waals surface area (Å²) < 4.78 is 5.45. The topological polar surface area (TPSA) is 9.23 Å². The van der Waals surface area contributed by atoms with Crippen molar-refractivity contribution in [2.75, 3.05) is 11.8 Å². The van der Waals surface area contributed by atoms with Gasteiger partial charge in [-0.15, -0.1) is 23.2 Å². The van der Waals surface area contributed by atoms with Crippen molar-refractivity contribution in [2.45, 2.75) is 6.10 Å². The molecule has 0 heterocycles. The van der Waals surface area contributed by atoms with E-state index in [1.54, 1.807) is 0 Å². The van der Waals surface area contributed by atoms with Crippen LogP contribution in [0.15, 0.2) is 30.3 Å². The van der Waals surface area contributed by atoms with Gasteiger partial charge in [0.05, 0.1) is 11.8 Å². The molecule has 1 aromatic rings. The SMILES string of the molecule is ClCC(CCl)Oc1ccccc1. The number of halogens is 2. The van der Waals surface area contributed by atoms with Gasteiger partial charge >= 0.3 is 0 Å². The molecule has 3 heteroatoms. The zero-order valence-corrected chi connectivity index (χ0v) is 8.05. The van der Waals surface area contributed by atoms with Gasteiger partial charge in [-0.2, -0.15) is 0 Å². The average molecular weight is 205 g/mol. The summed E-state index contributed by atoms with van der Waals surface area (Å²) in [6, 6.07) is 9.52. The van der Waals surface area contributed by atoms with Gasteiger partial charge in [0.2, 0.25) is 0 Å². The Morgan fingerprint density at radius 3 is 2.17 bits per heavy atom. The largest absolute Gasteiger partial charge is 0.488 e. The van der Waals surface area contributed by atoms with Gasteiger partial charge in [0.25, 0.3) is 0 Å². The van der Waals surface area contributed by atoms with Crippen LogP contribution in [0.5, 0.6) is 5.75 Å². The summed E-state index contributed by atoms with van der Waals surface area (Å²) in [5.74, 6) is 1.64. The fraction of sp³-hybridized carbons (Fsp3) is 0.333. The van der Waals surface area contributed by atoms with Crippen molar-refractivity contribution in [3.63, 3.8) is 0 Å². The molecule has 0 aliphatic carbocycles. The molecule has 0 saturated heterocycles. The first-order chi connectivity index (χ1) is 5.86. The average Bonchev–Trinajstić information content (AvgIpc) is 2.16. The Kier molecular flexibility index (Phi) is 4.26. The van der Waals surface area contributed by atoms with Gasteiger partial charge in [-0.1, -0.05) is 18.2 Å². The summed E-state index contributed by atoms with van der Waals surface area (Å²) >= 11 is 11.2. The minimum atomic E-state index is -0.101. The van der Waals surface area contributed by atoms with Crippen LogP contribution < -0.4 is 4.74 Å². The van der Waals surface area contributed by atoms with Crippen molar-refractivity contribution < 1.29 is 4.74 Å². The van der Waals surface area contributed by atoms with Gasteiger partial charge in [-0.05, 0) is 12.1 Å². The summed E-state index contributed by atoms with van der Waals surface area (Å²) in [6.45, 7) is 0. The molecule has 1 aromatic carbocycles. The second kappa shape index (κ2) is 5.28. The lowest BCUT2D eigenvalue weighted by Gasteiger charge is -2.12. The number of hydrogen-bond acceptors (Lipinski definition) is 1. The van der Waals surface area contributed by atoms with E-state index >= 15 is 0 Å². The Morgan fingerprint density at radius 1 is 1.08 bits per heavy atom. The highest BCUT2D eigenvalue weighted by Gasteiger charge is 2.05. The molecule has 0 aromatic heterocycles. The Morgan fingerprint density at radius 2 is 1.67 bits per heavy atom. The molecule has 0 radical (unpaired) electrons. The van der Waals surface area contributed by atoms with E-state index in [0.29, 0.717) is 11.8 Å². The molecule has 0 spiro atoms. The summed E-state index contributed by atoms with van der Waals surface area (Å²) in [7, 11) is 0. The van der Waals surface area contributed by atoms with Crippen LogP contribution in [0.2, 0.25) is 0 Å². The number of alkyl halides is 2. The molecular weight excluding hydrogens is 195 g/mol. The van der Waals surface area contributed by atoms with Crippen LogP contribution in [0, 0.1) is 0 Å². The molecule has 1 rings (SSSR count). The predicted octanol–water partition coefficient (Wildman–Crippen LogP) is 2.91. The first kappa shape index (κ1) is 9.69. The van der Waals surface area contributed by atoms with Crippen molar-refractivity contribution in [1.82, 2.24) is 0 Å². The molecule has 0 bridgehead atoms. The monoisotopic (exact) mass is 204 g/mol. The Labute approximate surface area is 82.2 Å². The van der Waals surface area contributed by atoms with Gasteiger partial charge in [-0.3, -0.25) is 0 Å². The van der Waals surface area contributed by atoms with Gasteiger partial charge in [-0.25, -0.2) is 0 Å². The minimum Gasteiger partial charge on any atom is -0.488 e. The lowest BCUT2D eigenvalue weighted by molar-refractivity contribution is 0.248. The van der Waals surface area contributed by atoms with Crippen LogP contribution in [0.3, 0.4) is 0 Å². The summed E-state index contributed by atoms with van der Waals surface area (Å²) in [5, 5.41) is 0. The number of para-hydroxylation sites is 1. The minimum absolute atomic E-state index is 0.101. The smallest absolute Gasteiger partial charge is 0.126 e. The van der Waals surface area contributed by atoms with Gasteiger partial charge in [0, 0.05) is 0 Å². The van der Waals surface area contributed by atoms with Crippen LogP contribution in [0.25, 0.3) is 0 Å². The Balaban J connectivity index is 2.51. The van der Waals surface area contributed by atoms with E-state index in [9.17, 15) is 0 Å². The highest BCUT2D eigenvalue weighted by molar-refractivity contribution is 6.21. The van der Waals surface area contributed by atoms with E-state index in [-0.39, 0.29) is 6.10 Å². The van der Waals surface area contributed by atoms with Crippen LogP contribution in [-0.2, 0) is 0 Å². The molecular formula is C9H10Cl2O. The zero-order valence-electron chi connectivity index (χ0n) is 6.54. The summed E-state index contributed by atoms with van der Waals surface area (Å²) in [4.78, 5) is 0. The fourth-order valence-corrected chi connectivity index (χ4v) is 1.25. The number of rotatable bonds is 4. The van der Waals surface area contributed by atoms with Gasteiger partial charge in [0.1, 0.15) is 11.9 Å². The van der Waals surface area contributed by atoms with Crippen molar-refractivity contribution in [1.29, 1.82) is 0 Å². The van der Waals surface area contributed by atoms with Crippen LogP contribution in [0.1, 0.15) is 0 Å². The van der Waals surface area contributed by atoms with Crippen LogP contribution in [0.4, 0.5) is 0 Å². The molecule has 0 amide bonds. The molecule has 0 N–H and O–H groups in total. The molecule has 0 saturated carbocycles. The Hall–Kier alpha value is -0.400.